The van der Waals surface area contributed by atoms with E-state index in [1.165, 1.54) is 57.8 Å². The molecule has 0 heterocycles. The molecule has 0 aromatic carbocycles. The van der Waals surface area contributed by atoms with Crippen LogP contribution in [0.15, 0.2) is 0 Å². The van der Waals surface area contributed by atoms with Gasteiger partial charge in [-0.05, 0) is 97.2 Å². The summed E-state index contributed by atoms with van der Waals surface area (Å²) in [6, 6.07) is 0. The van der Waals surface area contributed by atoms with Crippen LogP contribution in [-0.2, 0) is 4.79 Å². The van der Waals surface area contributed by atoms with Gasteiger partial charge in [0.15, 0.2) is 5.78 Å². The highest BCUT2D eigenvalue weighted by Gasteiger charge is 2.61. The normalized spacial score (nSPS) is 48.2. The van der Waals surface area contributed by atoms with Crippen molar-refractivity contribution in [2.24, 2.45) is 52.3 Å². The van der Waals surface area contributed by atoms with Crippen LogP contribution in [0, 0.1) is 52.3 Å². The van der Waals surface area contributed by atoms with Gasteiger partial charge in [0.05, 0.1) is 0 Å². The van der Waals surface area contributed by atoms with E-state index in [9.17, 15) is 9.90 Å². The van der Waals surface area contributed by atoms with Crippen LogP contribution in [-0.4, -0.2) is 17.0 Å². The molecule has 0 saturated heterocycles. The van der Waals surface area contributed by atoms with Crippen LogP contribution >= 0.6 is 0 Å². The summed E-state index contributed by atoms with van der Waals surface area (Å²) >= 11 is 0. The van der Waals surface area contributed by atoms with Gasteiger partial charge < -0.3 is 5.11 Å². The molecule has 1 N–H and O–H groups in total. The predicted octanol–water partition coefficient (Wildman–Crippen LogP) is 6.65. The summed E-state index contributed by atoms with van der Waals surface area (Å²) in [5.74, 6) is 5.70. The lowest BCUT2D eigenvalue weighted by molar-refractivity contribution is -0.155. The maximum absolute atomic E-state index is 12.5. The van der Waals surface area contributed by atoms with Gasteiger partial charge in [0, 0.05) is 6.42 Å². The molecular weight excluding hydrogens is 356 g/mol. The molecule has 4 aliphatic carbocycles. The molecule has 0 aromatic rings. The van der Waals surface area contributed by atoms with Crippen LogP contribution in [0.2, 0.25) is 0 Å². The molecule has 0 amide bonds. The maximum atomic E-state index is 12.5. The molecule has 2 nitrogen and oxygen atoms in total. The average molecular weight is 403 g/mol. The second kappa shape index (κ2) is 7.95. The molecule has 2 unspecified atom stereocenters. The minimum atomic E-state index is -0.680. The molecular formula is C27H46O2. The zero-order valence-electron chi connectivity index (χ0n) is 19.8. The van der Waals surface area contributed by atoms with Crippen LogP contribution in [0.5, 0.6) is 0 Å². The Kier molecular flexibility index (Phi) is 5.99. The zero-order valence-corrected chi connectivity index (χ0v) is 19.8. The zero-order chi connectivity index (χ0) is 21.0. The first kappa shape index (κ1) is 21.8. The molecule has 2 heteroatoms. The van der Waals surface area contributed by atoms with Crippen molar-refractivity contribution in [3.63, 3.8) is 0 Å². The fraction of sp³-hybridized carbons (Fsp3) is 0.963. The molecule has 29 heavy (non-hydrogen) atoms. The van der Waals surface area contributed by atoms with Crippen molar-refractivity contribution in [1.29, 1.82) is 0 Å². The number of aliphatic hydroxyl groups excluding tert-OH is 1. The van der Waals surface area contributed by atoms with Crippen molar-refractivity contribution in [1.82, 2.24) is 0 Å². The van der Waals surface area contributed by atoms with Gasteiger partial charge >= 0.3 is 0 Å². The van der Waals surface area contributed by atoms with E-state index in [0.717, 1.165) is 36.0 Å². The first-order valence-electron chi connectivity index (χ1n) is 12.9. The van der Waals surface area contributed by atoms with Crippen LogP contribution < -0.4 is 0 Å². The van der Waals surface area contributed by atoms with E-state index in [4.69, 9.17) is 0 Å². The van der Waals surface area contributed by atoms with Crippen molar-refractivity contribution >= 4 is 5.78 Å². The third kappa shape index (κ3) is 3.64. The SMILES string of the molecule is CC(C)CCC[C@@H](C)[C@H]1CC[C@H]2[C@@H]3CCC4CC(O)C(=O)C[C@]4(C)[C@H]3CC[C@]12C. The Hall–Kier alpha value is -0.370. The summed E-state index contributed by atoms with van der Waals surface area (Å²) in [6.45, 7) is 12.3. The number of Topliss-reactive ketones (excluding diaryl/α,β-unsaturated/α-hetero) is 1. The summed E-state index contributed by atoms with van der Waals surface area (Å²) in [6.07, 6.45) is 13.0. The minimum absolute atomic E-state index is 0.126. The van der Waals surface area contributed by atoms with Gasteiger partial charge in [-0.25, -0.2) is 0 Å². The highest BCUT2D eigenvalue weighted by atomic mass is 16.3. The predicted molar refractivity (Wildman–Crippen MR) is 119 cm³/mol. The number of carbonyl (C=O) groups excluding carboxylic acids is 1. The topological polar surface area (TPSA) is 37.3 Å². The van der Waals surface area contributed by atoms with E-state index in [1.807, 2.05) is 0 Å². The van der Waals surface area contributed by atoms with Gasteiger partial charge in [-0.2, -0.15) is 0 Å². The summed E-state index contributed by atoms with van der Waals surface area (Å²) in [4.78, 5) is 12.5. The lowest BCUT2D eigenvalue weighted by Crippen LogP contribution is -2.56. The molecule has 4 rings (SSSR count). The summed E-state index contributed by atoms with van der Waals surface area (Å²) in [7, 11) is 0. The Labute approximate surface area is 179 Å². The average Bonchev–Trinajstić information content (AvgIpc) is 3.00. The lowest BCUT2D eigenvalue weighted by Gasteiger charge is -2.60. The van der Waals surface area contributed by atoms with Crippen molar-refractivity contribution < 1.29 is 9.90 Å². The van der Waals surface area contributed by atoms with Gasteiger partial charge in [-0.1, -0.05) is 53.9 Å². The second-order valence-electron chi connectivity index (χ2n) is 12.6. The van der Waals surface area contributed by atoms with Gasteiger partial charge in [-0.15, -0.1) is 0 Å². The summed E-state index contributed by atoms with van der Waals surface area (Å²) < 4.78 is 0. The molecule has 0 aliphatic heterocycles. The summed E-state index contributed by atoms with van der Waals surface area (Å²) in [5.41, 5.74) is 0.682. The number of fused-ring (bicyclic) bond motifs is 5. The molecule has 4 fully saturated rings. The van der Waals surface area contributed by atoms with Gasteiger partial charge in [0.25, 0.3) is 0 Å². The molecule has 0 spiro atoms. The Morgan fingerprint density at radius 2 is 1.69 bits per heavy atom. The third-order valence-corrected chi connectivity index (χ3v) is 10.7. The van der Waals surface area contributed by atoms with Crippen molar-refractivity contribution in [3.8, 4) is 0 Å². The van der Waals surface area contributed by atoms with Crippen LogP contribution in [0.3, 0.4) is 0 Å². The van der Waals surface area contributed by atoms with E-state index >= 15 is 0 Å². The molecule has 166 valence electrons. The highest BCUT2D eigenvalue weighted by molar-refractivity contribution is 5.84. The van der Waals surface area contributed by atoms with Crippen molar-refractivity contribution in [2.75, 3.05) is 0 Å². The Morgan fingerprint density at radius 3 is 2.41 bits per heavy atom. The monoisotopic (exact) mass is 402 g/mol. The van der Waals surface area contributed by atoms with Crippen LogP contribution in [0.4, 0.5) is 0 Å². The number of hydrogen-bond acceptors (Lipinski definition) is 2. The van der Waals surface area contributed by atoms with E-state index in [1.54, 1.807) is 0 Å². The third-order valence-electron chi connectivity index (χ3n) is 10.7. The van der Waals surface area contributed by atoms with Crippen molar-refractivity contribution in [2.45, 2.75) is 111 Å². The van der Waals surface area contributed by atoms with Crippen LogP contribution in [0.25, 0.3) is 0 Å². The molecule has 9 atom stereocenters. The van der Waals surface area contributed by atoms with Gasteiger partial charge in [0.2, 0.25) is 0 Å². The largest absolute Gasteiger partial charge is 0.385 e. The first-order chi connectivity index (χ1) is 13.7. The quantitative estimate of drug-likeness (QED) is 0.559. The Balaban J connectivity index is 1.48. The number of aliphatic hydroxyl groups is 1. The van der Waals surface area contributed by atoms with Crippen LogP contribution in [0.1, 0.15) is 105 Å². The van der Waals surface area contributed by atoms with E-state index in [-0.39, 0.29) is 11.2 Å². The molecule has 0 aromatic heterocycles. The highest BCUT2D eigenvalue weighted by Crippen LogP contribution is 2.68. The number of rotatable bonds is 5. The van der Waals surface area contributed by atoms with Gasteiger partial charge in [-0.3, -0.25) is 4.79 Å². The fourth-order valence-corrected chi connectivity index (χ4v) is 9.12. The lowest BCUT2D eigenvalue weighted by atomic mass is 9.44. The fourth-order valence-electron chi connectivity index (χ4n) is 9.12. The Morgan fingerprint density at radius 1 is 0.966 bits per heavy atom. The van der Waals surface area contributed by atoms with Crippen molar-refractivity contribution in [3.05, 3.63) is 0 Å². The molecule has 4 saturated carbocycles. The number of hydrogen-bond donors (Lipinski definition) is 1. The second-order valence-corrected chi connectivity index (χ2v) is 12.6. The van der Waals surface area contributed by atoms with Gasteiger partial charge in [0.1, 0.15) is 6.10 Å². The maximum Gasteiger partial charge on any atom is 0.161 e. The van der Waals surface area contributed by atoms with E-state index in [0.29, 0.717) is 23.7 Å². The van der Waals surface area contributed by atoms with E-state index < -0.39 is 6.10 Å². The standard InChI is InChI=1S/C27H46O2/c1-17(2)7-6-8-18(3)21-11-12-22-20-10-9-19-15-24(28)25(29)16-27(19,5)23(20)13-14-26(21,22)4/h17-24,28H,6-16H2,1-5H3/t18-,19?,20+,21-,22+,23+,24?,26-,27+/m1/s1. The number of carbonyl (C=O) groups is 1. The van der Waals surface area contributed by atoms with E-state index in [2.05, 4.69) is 34.6 Å². The molecule has 0 radical (unpaired) electrons. The summed E-state index contributed by atoms with van der Waals surface area (Å²) in [5, 5.41) is 10.2. The minimum Gasteiger partial charge on any atom is -0.385 e. The number of ketones is 1. The Bertz CT molecular complexity index is 612. The smallest absolute Gasteiger partial charge is 0.161 e. The first-order valence-corrected chi connectivity index (χ1v) is 12.9. The molecule has 0 bridgehead atoms. The molecule has 4 aliphatic rings.